The number of alkyl carbamates (subject to hydrolysis) is 1. The Labute approximate surface area is 163 Å². The number of nitrogens with one attached hydrogen (secondary N) is 1. The molecule has 0 spiro atoms. The molecule has 2 rings (SSSR count). The van der Waals surface area contributed by atoms with E-state index in [0.717, 1.165) is 16.0 Å². The molecule has 1 aliphatic heterocycles. The van der Waals surface area contributed by atoms with Gasteiger partial charge in [0.25, 0.3) is 0 Å². The lowest BCUT2D eigenvalue weighted by Crippen LogP contribution is -2.60. The number of halogens is 3. The molecule has 8 heteroatoms. The zero-order valence-corrected chi connectivity index (χ0v) is 16.8. The number of nitrogens with zero attached hydrogens (tertiary/aromatic N) is 1. The van der Waals surface area contributed by atoms with E-state index in [1.165, 1.54) is 0 Å². The van der Waals surface area contributed by atoms with Gasteiger partial charge < -0.3 is 15.0 Å². The number of amides is 2. The van der Waals surface area contributed by atoms with Crippen LogP contribution in [0.25, 0.3) is 0 Å². The molecule has 5 nitrogen and oxygen atoms in total. The summed E-state index contributed by atoms with van der Waals surface area (Å²) in [7, 11) is 0. The summed E-state index contributed by atoms with van der Waals surface area (Å²) in [4.78, 5) is 25.7. The summed E-state index contributed by atoms with van der Waals surface area (Å²) in [6.45, 7) is 7.14. The first-order valence-electron chi connectivity index (χ1n) is 9.21. The van der Waals surface area contributed by atoms with E-state index in [0.29, 0.717) is 0 Å². The molecule has 156 valence electrons. The predicted molar refractivity (Wildman–Crippen MR) is 98.9 cm³/mol. The molecule has 1 aliphatic rings. The van der Waals surface area contributed by atoms with E-state index >= 15 is 0 Å². The maximum absolute atomic E-state index is 13.1. The Hall–Kier alpha value is -2.25. The normalized spacial score (nSPS) is 23.5. The first-order valence-corrected chi connectivity index (χ1v) is 9.21. The van der Waals surface area contributed by atoms with Crippen molar-refractivity contribution in [2.45, 2.75) is 70.8 Å². The van der Waals surface area contributed by atoms with Gasteiger partial charge >= 0.3 is 12.3 Å². The van der Waals surface area contributed by atoms with E-state index in [4.69, 9.17) is 4.74 Å². The van der Waals surface area contributed by atoms with Crippen LogP contribution in [0.3, 0.4) is 0 Å². The molecule has 0 radical (unpaired) electrons. The third kappa shape index (κ3) is 5.62. The Morgan fingerprint density at radius 3 is 2.39 bits per heavy atom. The SMILES string of the molecule is Cc1ccccc1C1CC(NC(=O)OC(C)(C)C)C(=O)N(CC(F)(F)F)C1C. The van der Waals surface area contributed by atoms with Crippen molar-refractivity contribution in [2.24, 2.45) is 0 Å². The third-order valence-corrected chi connectivity index (χ3v) is 4.77. The molecule has 28 heavy (non-hydrogen) atoms. The Bertz CT molecular complexity index is 728. The molecular weight excluding hydrogens is 373 g/mol. The minimum absolute atomic E-state index is 0.207. The van der Waals surface area contributed by atoms with Gasteiger partial charge in [0.2, 0.25) is 5.91 Å². The maximum Gasteiger partial charge on any atom is 0.408 e. The van der Waals surface area contributed by atoms with Crippen molar-refractivity contribution in [1.82, 2.24) is 10.2 Å². The van der Waals surface area contributed by atoms with Gasteiger partial charge in [0.1, 0.15) is 18.2 Å². The molecule has 0 aromatic heterocycles. The average Bonchev–Trinajstić information content (AvgIpc) is 2.52. The van der Waals surface area contributed by atoms with Crippen LogP contribution in [0.5, 0.6) is 0 Å². The number of aryl methyl sites for hydroxylation is 1. The van der Waals surface area contributed by atoms with Crippen LogP contribution in [0.1, 0.15) is 51.2 Å². The second-order valence-corrected chi connectivity index (χ2v) is 8.22. The van der Waals surface area contributed by atoms with Crippen molar-refractivity contribution < 1.29 is 27.5 Å². The van der Waals surface area contributed by atoms with Gasteiger partial charge in [-0.2, -0.15) is 13.2 Å². The van der Waals surface area contributed by atoms with Crippen molar-refractivity contribution in [1.29, 1.82) is 0 Å². The monoisotopic (exact) mass is 400 g/mol. The highest BCUT2D eigenvalue weighted by Gasteiger charge is 2.45. The number of hydrogen-bond donors (Lipinski definition) is 1. The lowest BCUT2D eigenvalue weighted by molar-refractivity contribution is -0.170. The second-order valence-electron chi connectivity index (χ2n) is 8.22. The highest BCUT2D eigenvalue weighted by Crippen LogP contribution is 2.36. The molecule has 1 N–H and O–H groups in total. The minimum atomic E-state index is -4.53. The quantitative estimate of drug-likeness (QED) is 0.829. The van der Waals surface area contributed by atoms with Gasteiger partial charge in [-0.1, -0.05) is 24.3 Å². The van der Waals surface area contributed by atoms with Crippen molar-refractivity contribution in [3.63, 3.8) is 0 Å². The molecule has 1 saturated heterocycles. The Morgan fingerprint density at radius 2 is 1.86 bits per heavy atom. The zero-order valence-electron chi connectivity index (χ0n) is 16.8. The molecule has 1 aromatic carbocycles. The molecule has 0 saturated carbocycles. The molecule has 0 aliphatic carbocycles. The highest BCUT2D eigenvalue weighted by atomic mass is 19.4. The number of rotatable bonds is 3. The fraction of sp³-hybridized carbons (Fsp3) is 0.600. The molecule has 3 unspecified atom stereocenters. The number of carbonyl (C=O) groups excluding carboxylic acids is 2. The predicted octanol–water partition coefficient (Wildman–Crippen LogP) is 4.16. The Kier molecular flexibility index (Phi) is 6.31. The van der Waals surface area contributed by atoms with Gasteiger partial charge in [-0.25, -0.2) is 4.79 Å². The summed E-state index contributed by atoms with van der Waals surface area (Å²) in [6, 6.07) is 5.65. The van der Waals surface area contributed by atoms with Crippen LogP contribution in [0, 0.1) is 6.92 Å². The average molecular weight is 400 g/mol. The second kappa shape index (κ2) is 8.01. The summed E-state index contributed by atoms with van der Waals surface area (Å²) in [5.41, 5.74) is 1.01. The van der Waals surface area contributed by atoms with Crippen LogP contribution in [-0.4, -0.2) is 47.3 Å². The van der Waals surface area contributed by atoms with Crippen LogP contribution in [0.4, 0.5) is 18.0 Å². The fourth-order valence-corrected chi connectivity index (χ4v) is 3.54. The number of benzene rings is 1. The standard InChI is InChI=1S/C20H27F3N2O3/c1-12-8-6-7-9-14(12)15-10-16(24-18(27)28-19(3,4)5)17(26)25(13(15)2)11-20(21,22)23/h6-9,13,15-16H,10-11H2,1-5H3,(H,24,27). The molecule has 3 atom stereocenters. The van der Waals surface area contributed by atoms with Gasteiger partial charge in [0.15, 0.2) is 0 Å². The van der Waals surface area contributed by atoms with E-state index in [2.05, 4.69) is 5.32 Å². The Morgan fingerprint density at radius 1 is 1.25 bits per heavy atom. The van der Waals surface area contributed by atoms with Crippen LogP contribution in [0.15, 0.2) is 24.3 Å². The van der Waals surface area contributed by atoms with E-state index < -0.39 is 42.4 Å². The number of alkyl halides is 3. The Balaban J connectivity index is 2.33. The zero-order chi connectivity index (χ0) is 21.3. The largest absolute Gasteiger partial charge is 0.444 e. The van der Waals surface area contributed by atoms with Crippen molar-refractivity contribution in [2.75, 3.05) is 6.54 Å². The van der Waals surface area contributed by atoms with Gasteiger partial charge in [-0.05, 0) is 52.2 Å². The number of likely N-dealkylation sites (tertiary alicyclic amines) is 1. The molecule has 1 heterocycles. The molecule has 2 amide bonds. The summed E-state index contributed by atoms with van der Waals surface area (Å²) < 4.78 is 44.5. The summed E-state index contributed by atoms with van der Waals surface area (Å²) in [6.07, 6.45) is -5.15. The fourth-order valence-electron chi connectivity index (χ4n) is 3.54. The van der Waals surface area contributed by atoms with Crippen molar-refractivity contribution in [3.8, 4) is 0 Å². The van der Waals surface area contributed by atoms with E-state index in [1.807, 2.05) is 31.2 Å². The molecular formula is C20H27F3N2O3. The van der Waals surface area contributed by atoms with Crippen LogP contribution in [0.2, 0.25) is 0 Å². The molecule has 1 fully saturated rings. The summed E-state index contributed by atoms with van der Waals surface area (Å²) in [5.74, 6) is -1.10. The molecule has 1 aromatic rings. The van der Waals surface area contributed by atoms with Crippen molar-refractivity contribution in [3.05, 3.63) is 35.4 Å². The first-order chi connectivity index (χ1) is 12.8. The lowest BCUT2D eigenvalue weighted by Gasteiger charge is -2.43. The van der Waals surface area contributed by atoms with Crippen molar-refractivity contribution >= 4 is 12.0 Å². The van der Waals surface area contributed by atoms with Crippen LogP contribution in [-0.2, 0) is 9.53 Å². The maximum atomic E-state index is 13.1. The van der Waals surface area contributed by atoms with E-state index in [-0.39, 0.29) is 12.3 Å². The van der Waals surface area contributed by atoms with Gasteiger partial charge in [-0.3, -0.25) is 4.79 Å². The number of carbonyl (C=O) groups is 2. The van der Waals surface area contributed by atoms with Crippen LogP contribution < -0.4 is 5.32 Å². The molecule has 0 bridgehead atoms. The van der Waals surface area contributed by atoms with E-state index in [1.54, 1.807) is 27.7 Å². The van der Waals surface area contributed by atoms with Gasteiger partial charge in [0, 0.05) is 12.0 Å². The number of ether oxygens (including phenoxy) is 1. The van der Waals surface area contributed by atoms with E-state index in [9.17, 15) is 22.8 Å². The topological polar surface area (TPSA) is 58.6 Å². The third-order valence-electron chi connectivity index (χ3n) is 4.77. The smallest absolute Gasteiger partial charge is 0.408 e. The number of piperidine rings is 1. The van der Waals surface area contributed by atoms with Gasteiger partial charge in [0.05, 0.1) is 0 Å². The minimum Gasteiger partial charge on any atom is -0.444 e. The highest BCUT2D eigenvalue weighted by molar-refractivity contribution is 5.87. The van der Waals surface area contributed by atoms with Gasteiger partial charge in [-0.15, -0.1) is 0 Å². The summed E-state index contributed by atoms with van der Waals surface area (Å²) >= 11 is 0. The summed E-state index contributed by atoms with van der Waals surface area (Å²) in [5, 5.41) is 2.46. The number of hydrogen-bond acceptors (Lipinski definition) is 3. The van der Waals surface area contributed by atoms with Crippen LogP contribution >= 0.6 is 0 Å². The first kappa shape index (κ1) is 22.0. The lowest BCUT2D eigenvalue weighted by atomic mass is 9.80.